The largest absolute Gasteiger partial charge is 0.490 e. The highest BCUT2D eigenvalue weighted by Crippen LogP contribution is 2.66. The van der Waals surface area contributed by atoms with Gasteiger partial charge in [-0.3, -0.25) is 19.3 Å². The molecule has 0 bridgehead atoms. The second-order valence-electron chi connectivity index (χ2n) is 21.3. The van der Waals surface area contributed by atoms with E-state index < -0.39 is 96.9 Å². The van der Waals surface area contributed by atoms with Crippen molar-refractivity contribution in [3.8, 4) is 34.3 Å². The average molecular weight is 1630 g/mol. The average Bonchev–Trinajstić information content (AvgIpc) is 1.24. The Hall–Kier alpha value is -6.40. The van der Waals surface area contributed by atoms with Crippen molar-refractivity contribution in [1.29, 1.82) is 0 Å². The number of benzene rings is 3. The predicted molar refractivity (Wildman–Crippen MR) is 380 cm³/mol. The summed E-state index contributed by atoms with van der Waals surface area (Å²) in [5.41, 5.74) is 15.8. The number of hydrogen-bond donors (Lipinski definition) is 11. The first-order valence-electron chi connectivity index (χ1n) is 30.1. The third-order valence-electron chi connectivity index (χ3n) is 13.0. The van der Waals surface area contributed by atoms with Gasteiger partial charge in [0, 0.05) is 84.0 Å². The molecule has 3 aliphatic rings. The third-order valence-corrected chi connectivity index (χ3v) is 21.9. The number of nitrogens with one attached hydrogen (secondary N) is 3. The number of unbranched alkanes of at least 4 members (excludes halogenated alkanes) is 1. The molecule has 572 valence electrons. The zero-order chi connectivity index (χ0) is 77.1. The van der Waals surface area contributed by atoms with E-state index in [0.717, 1.165) is 33.2 Å². The van der Waals surface area contributed by atoms with Crippen LogP contribution in [-0.2, 0) is 107 Å². The fraction of sp³-hybridized carbons (Fsp3) is 0.474. The number of hydrogen-bond acceptors (Lipinski definition) is 32. The van der Waals surface area contributed by atoms with Crippen LogP contribution in [0, 0.1) is 11.8 Å². The zero-order valence-electron chi connectivity index (χ0n) is 55.9. The number of ether oxygens (including phenoxy) is 7. The van der Waals surface area contributed by atoms with E-state index in [1.165, 1.54) is 13.1 Å². The molecule has 2 aliphatic heterocycles. The molecule has 1 saturated heterocycles. The van der Waals surface area contributed by atoms with Crippen molar-refractivity contribution in [2.75, 3.05) is 109 Å². The van der Waals surface area contributed by atoms with Crippen molar-refractivity contribution < 1.29 is 134 Å². The number of anilines is 2. The molecule has 103 heavy (non-hydrogen) atoms. The molecular formula is C57H80N8O29P3S6+. The standard InChI is InChI=1S/C29H32N4O5.C28H47N4O18P3S4.2O3S/c1-18(33-10-12-37-14-13-36-11-9-32-2)19-3-6-22(29(34)35)25(15-19)28-23-7-4-20(30)16-26(23)38-27-17-21(31)5-8-24(27)28;1-5-57(54)19-46-22-15-24(48-23(22)17-47-52(39,40)50-53(41,42)49-51(36,37)38)32-16-21(25(29)31-26(32)34)9-8-11-30-27(35)45-13-7-6-12-43-18-55-56-28(3,4)10-14-44-20(2)33;2*1-4(2)3/h3-8,15-17,30,32-33H,1,9-14,31H2,2H3,(H,34,35);16,22-24H,5-7,10-15,17-19H2,1-4H3,(H,30,35)(H,39,40)(H,41,42)(H2,29,31,34)(H2,36,37,38);;/p+1/t;22?,23-,24-,57?;;/m.1../s1. The Morgan fingerprint density at radius 2 is 1.53 bits per heavy atom. The first kappa shape index (κ1) is 90.8. The van der Waals surface area contributed by atoms with Crippen LogP contribution in [0.2, 0.25) is 0 Å². The molecule has 2 aromatic carbocycles. The Morgan fingerprint density at radius 3 is 2.17 bits per heavy atom. The molecule has 14 N–H and O–H groups in total. The van der Waals surface area contributed by atoms with Gasteiger partial charge in [0.2, 0.25) is 0 Å². The number of fused-ring (bicyclic) bond motifs is 2. The molecule has 3 heterocycles. The lowest BCUT2D eigenvalue weighted by atomic mass is 9.89. The van der Waals surface area contributed by atoms with Crippen molar-refractivity contribution in [2.24, 2.45) is 0 Å². The van der Waals surface area contributed by atoms with Gasteiger partial charge in [0.05, 0.1) is 82.0 Å². The topological polar surface area (TPSA) is 560 Å². The number of nitrogens with two attached hydrogens (primary N) is 3. The summed E-state index contributed by atoms with van der Waals surface area (Å²) in [4.78, 5) is 88.7. The SMILES string of the molecule is C=C(NCCOCCOCCNC)c1ccc(C(=O)O)c(-c2c3ccc(=[NH2+])cc-3oc3cc(N)ccc23)c1.CCS(=S)COC1C[C@H](n2cc(C#CCNC(=O)OCCCCOCSSC(C)(C)CCOC(C)=O)c(N)nc2=O)O[C@@H]1COP(=O)(O)OP(=O)(O)OP(=O)(O)O.O=S(=O)=O.O=S(=O)=O. The van der Waals surface area contributed by atoms with Gasteiger partial charge in [0.25, 0.3) is 0 Å². The quantitative estimate of drug-likeness (QED) is 0.00395. The lowest BCUT2D eigenvalue weighted by Gasteiger charge is -2.22. The normalized spacial score (nSPS) is 15.5. The number of rotatable bonds is 38. The van der Waals surface area contributed by atoms with Crippen molar-refractivity contribution in [2.45, 2.75) is 76.6 Å². The third kappa shape index (κ3) is 36.4. The fourth-order valence-electron chi connectivity index (χ4n) is 8.45. The van der Waals surface area contributed by atoms with Crippen LogP contribution >= 0.6 is 45.1 Å². The number of aromatic carboxylic acids is 1. The number of phosphoric acid groups is 3. The summed E-state index contributed by atoms with van der Waals surface area (Å²) in [5, 5.41) is 26.1. The predicted octanol–water partition coefficient (Wildman–Crippen LogP) is 2.79. The number of carbonyl (C=O) groups is 3. The Balaban J connectivity index is 0.000000512. The number of aromatic nitrogens is 2. The number of nitrogens with zero attached hydrogens (tertiary/aromatic N) is 2. The number of nitrogen functional groups attached to an aromatic ring is 2. The Bertz CT molecular complexity index is 4220. The van der Waals surface area contributed by atoms with Crippen LogP contribution in [0.1, 0.15) is 81.1 Å². The monoisotopic (exact) mass is 1630 g/mol. The molecule has 4 unspecified atom stereocenters. The smallest absolute Gasteiger partial charge is 0.478 e. The molecule has 1 amide bonds. The number of esters is 1. The van der Waals surface area contributed by atoms with E-state index in [9.17, 15) is 47.8 Å². The van der Waals surface area contributed by atoms with Crippen LogP contribution in [0.4, 0.5) is 16.3 Å². The van der Waals surface area contributed by atoms with Gasteiger partial charge in [-0.15, -0.1) is 25.3 Å². The molecule has 0 spiro atoms. The van der Waals surface area contributed by atoms with E-state index in [4.69, 9.17) is 105 Å². The Morgan fingerprint density at radius 1 is 0.864 bits per heavy atom. The van der Waals surface area contributed by atoms with Gasteiger partial charge in [-0.25, -0.2) is 28.1 Å². The molecule has 0 saturated carbocycles. The Labute approximate surface area is 608 Å². The number of likely N-dealkylation sites (N-methyl/N-ethyl adjacent to an activating group) is 1. The number of carboxylic acid groups (broad SMARTS) is 1. The second-order valence-corrected chi connectivity index (χ2v) is 32.6. The van der Waals surface area contributed by atoms with Gasteiger partial charge < -0.3 is 89.7 Å². The van der Waals surface area contributed by atoms with Crippen molar-refractivity contribution >= 4 is 133 Å². The summed E-state index contributed by atoms with van der Waals surface area (Å²) in [6.07, 6.45) is -0.809. The van der Waals surface area contributed by atoms with Crippen LogP contribution in [0.3, 0.4) is 0 Å². The van der Waals surface area contributed by atoms with Gasteiger partial charge in [-0.05, 0) is 98.6 Å². The van der Waals surface area contributed by atoms with Gasteiger partial charge in [-0.2, -0.15) is 13.6 Å². The number of amides is 1. The molecule has 6 rings (SSSR count). The highest BCUT2D eigenvalue weighted by atomic mass is 33.1. The summed E-state index contributed by atoms with van der Waals surface area (Å²) < 4.78 is 143. The van der Waals surface area contributed by atoms with E-state index in [0.29, 0.717) is 111 Å². The Kier molecular flexibility index (Phi) is 40.4. The van der Waals surface area contributed by atoms with E-state index >= 15 is 0 Å². The highest BCUT2D eigenvalue weighted by molar-refractivity contribution is 8.77. The molecule has 1 aromatic heterocycles. The molecule has 6 atom stereocenters. The summed E-state index contributed by atoms with van der Waals surface area (Å²) in [6.45, 7) is 15.0. The van der Waals surface area contributed by atoms with Gasteiger partial charge in [0.15, 0.2) is 5.36 Å². The molecular weight excluding hydrogens is 1550 g/mol. The minimum atomic E-state index is -5.76. The first-order valence-corrected chi connectivity index (χ1v) is 41.4. The zero-order valence-corrected chi connectivity index (χ0v) is 63.5. The van der Waals surface area contributed by atoms with E-state index in [-0.39, 0.29) is 53.2 Å². The van der Waals surface area contributed by atoms with Crippen LogP contribution in [0.5, 0.6) is 0 Å². The minimum absolute atomic E-state index is 0.0465. The summed E-state index contributed by atoms with van der Waals surface area (Å²) >= 11 is 5.30. The maximum atomic E-state index is 12.8. The molecule has 1 aliphatic carbocycles. The van der Waals surface area contributed by atoms with Crippen LogP contribution < -0.4 is 43.9 Å². The van der Waals surface area contributed by atoms with Gasteiger partial charge in [-0.1, -0.05) is 62.5 Å². The van der Waals surface area contributed by atoms with Crippen molar-refractivity contribution in [3.63, 3.8) is 0 Å². The molecule has 37 nitrogen and oxygen atoms in total. The number of phosphoric ester groups is 1. The minimum Gasteiger partial charge on any atom is -0.478 e. The second kappa shape index (κ2) is 45.8. The summed E-state index contributed by atoms with van der Waals surface area (Å²) in [6, 6.07) is 15.8. The van der Waals surface area contributed by atoms with E-state index in [2.05, 4.69) is 61.8 Å². The lowest BCUT2D eigenvalue weighted by Crippen LogP contribution is -2.44. The lowest BCUT2D eigenvalue weighted by molar-refractivity contribution is -0.172. The number of carbonyl (C=O) groups excluding carboxylic acids is 2. The molecule has 0 radical (unpaired) electrons. The summed E-state index contributed by atoms with van der Waals surface area (Å²) in [7, 11) is -18.6. The molecule has 3 aromatic rings. The fourth-order valence-corrected chi connectivity index (χ4v) is 14.4. The van der Waals surface area contributed by atoms with Crippen LogP contribution in [-0.4, -0.2) is 192 Å². The number of carboxylic acids is 1. The molecule has 1 fully saturated rings. The maximum Gasteiger partial charge on any atom is 0.490 e. The van der Waals surface area contributed by atoms with Crippen molar-refractivity contribution in [1.82, 2.24) is 25.5 Å². The van der Waals surface area contributed by atoms with Gasteiger partial charge >= 0.3 is 68.4 Å². The maximum absolute atomic E-state index is 12.8. The first-order chi connectivity index (χ1) is 48.4. The van der Waals surface area contributed by atoms with Crippen LogP contribution in [0.25, 0.3) is 39.1 Å². The number of alkyl carbamates (subject to hydrolysis) is 1. The van der Waals surface area contributed by atoms with Gasteiger partial charge in [0.1, 0.15) is 35.4 Å². The van der Waals surface area contributed by atoms with E-state index in [1.54, 1.807) is 58.0 Å². The van der Waals surface area contributed by atoms with Crippen molar-refractivity contribution in [3.05, 3.63) is 99.9 Å². The highest BCUT2D eigenvalue weighted by Gasteiger charge is 2.44. The molecule has 46 heteroatoms. The van der Waals surface area contributed by atoms with E-state index in [1.807, 2.05) is 32.2 Å². The van der Waals surface area contributed by atoms with Crippen LogP contribution in [0.15, 0.2) is 76.6 Å². The summed E-state index contributed by atoms with van der Waals surface area (Å²) in [5.74, 6) is 5.47.